The smallest absolute Gasteiger partial charge is 0.235 e. The third kappa shape index (κ3) is 3.87. The largest absolute Gasteiger partial charge is 0.339 e. The highest BCUT2D eigenvalue weighted by Gasteiger charge is 2.32. The summed E-state index contributed by atoms with van der Waals surface area (Å²) in [5.74, 6) is 0.193. The van der Waals surface area contributed by atoms with Crippen LogP contribution in [0.25, 0.3) is 0 Å². The van der Waals surface area contributed by atoms with E-state index in [9.17, 15) is 9.00 Å². The zero-order chi connectivity index (χ0) is 12.1. The van der Waals surface area contributed by atoms with Gasteiger partial charge in [0.05, 0.1) is 0 Å². The van der Waals surface area contributed by atoms with Crippen LogP contribution in [0.5, 0.6) is 0 Å². The van der Waals surface area contributed by atoms with E-state index < -0.39 is 10.8 Å². The van der Waals surface area contributed by atoms with E-state index in [2.05, 4.69) is 0 Å². The fraction of sp³-hybridized carbons (Fsp3) is 0.909. The molecule has 5 heteroatoms. The lowest BCUT2D eigenvalue weighted by molar-refractivity contribution is -0.128. The van der Waals surface area contributed by atoms with Gasteiger partial charge in [-0.1, -0.05) is 6.92 Å². The van der Waals surface area contributed by atoms with E-state index in [1.54, 1.807) is 0 Å². The lowest BCUT2D eigenvalue weighted by Gasteiger charge is -2.21. The van der Waals surface area contributed by atoms with Crippen LogP contribution in [0.4, 0.5) is 0 Å². The Morgan fingerprint density at radius 3 is 2.62 bits per heavy atom. The average molecular weight is 246 g/mol. The number of carbonyl (C=O) groups is 1. The van der Waals surface area contributed by atoms with Gasteiger partial charge in [-0.15, -0.1) is 0 Å². The molecule has 16 heavy (non-hydrogen) atoms. The summed E-state index contributed by atoms with van der Waals surface area (Å²) in [6.07, 6.45) is 2.92. The Labute approximate surface area is 100 Å². The number of amides is 1. The topological polar surface area (TPSA) is 63.4 Å². The number of hydrogen-bond donors (Lipinski definition) is 1. The summed E-state index contributed by atoms with van der Waals surface area (Å²) >= 11 is 0. The molecule has 1 amide bonds. The molecule has 0 spiro atoms. The highest BCUT2D eigenvalue weighted by molar-refractivity contribution is 7.86. The molecule has 2 N–H and O–H groups in total. The summed E-state index contributed by atoms with van der Waals surface area (Å²) in [6, 6.07) is 0.416. The predicted molar refractivity (Wildman–Crippen MR) is 66.6 cm³/mol. The molecular weight excluding hydrogens is 224 g/mol. The molecule has 0 aromatic rings. The fourth-order valence-electron chi connectivity index (χ4n) is 1.74. The average Bonchev–Trinajstić information content (AvgIpc) is 3.03. The molecule has 4 nitrogen and oxygen atoms in total. The van der Waals surface area contributed by atoms with Gasteiger partial charge >= 0.3 is 0 Å². The number of hydrogen-bond acceptors (Lipinski definition) is 3. The molecule has 2 unspecified atom stereocenters. The van der Waals surface area contributed by atoms with Crippen molar-refractivity contribution < 1.29 is 9.00 Å². The van der Waals surface area contributed by atoms with Crippen LogP contribution >= 0.6 is 0 Å². The monoisotopic (exact) mass is 246 g/mol. The van der Waals surface area contributed by atoms with E-state index in [1.807, 2.05) is 18.7 Å². The van der Waals surface area contributed by atoms with Gasteiger partial charge < -0.3 is 10.6 Å². The van der Waals surface area contributed by atoms with Crippen LogP contribution in [0.3, 0.4) is 0 Å². The Bertz CT molecular complexity index is 267. The third-order valence-electron chi connectivity index (χ3n) is 2.94. The molecule has 1 aliphatic rings. The summed E-state index contributed by atoms with van der Waals surface area (Å²) in [5.41, 5.74) is 5.41. The van der Waals surface area contributed by atoms with Gasteiger partial charge in [0.25, 0.3) is 0 Å². The second-order valence-electron chi connectivity index (χ2n) is 4.32. The van der Waals surface area contributed by atoms with E-state index in [-0.39, 0.29) is 16.9 Å². The van der Waals surface area contributed by atoms with Crippen LogP contribution in [-0.4, -0.2) is 45.2 Å². The van der Waals surface area contributed by atoms with E-state index in [0.717, 1.165) is 25.8 Å². The van der Waals surface area contributed by atoms with Gasteiger partial charge in [-0.05, 0) is 32.7 Å². The van der Waals surface area contributed by atoms with Gasteiger partial charge in [-0.25, -0.2) is 0 Å². The van der Waals surface area contributed by atoms with E-state index in [1.165, 1.54) is 0 Å². The minimum absolute atomic E-state index is 0.0202. The summed E-state index contributed by atoms with van der Waals surface area (Å²) in [5, 5.41) is 0.0202. The van der Waals surface area contributed by atoms with Crippen molar-refractivity contribution in [1.82, 2.24) is 4.90 Å². The highest BCUT2D eigenvalue weighted by Crippen LogP contribution is 2.26. The maximum Gasteiger partial charge on any atom is 0.235 e. The van der Waals surface area contributed by atoms with Gasteiger partial charge in [-0.2, -0.15) is 0 Å². The van der Waals surface area contributed by atoms with Crippen molar-refractivity contribution in [3.63, 3.8) is 0 Å². The molecule has 0 aliphatic heterocycles. The van der Waals surface area contributed by atoms with E-state index in [4.69, 9.17) is 5.73 Å². The summed E-state index contributed by atoms with van der Waals surface area (Å²) in [6.45, 7) is 5.12. The molecule has 2 atom stereocenters. The number of nitrogens with zero attached hydrogens (tertiary/aromatic N) is 1. The Morgan fingerprint density at radius 2 is 2.19 bits per heavy atom. The van der Waals surface area contributed by atoms with Crippen LogP contribution in [0.2, 0.25) is 0 Å². The molecule has 1 fully saturated rings. The maximum absolute atomic E-state index is 11.9. The molecular formula is C11H22N2O2S. The standard InChI is InChI=1S/C11H22N2O2S/c1-3-13(10-4-5-10)11(14)8-16(15)9(2)6-7-12/h9-10H,3-8,12H2,1-2H3. The zero-order valence-electron chi connectivity index (χ0n) is 10.1. The molecule has 0 saturated heterocycles. The van der Waals surface area contributed by atoms with Crippen LogP contribution < -0.4 is 5.73 Å². The number of nitrogens with two attached hydrogens (primary N) is 1. The first-order chi connectivity index (χ1) is 7.60. The number of rotatable bonds is 7. The van der Waals surface area contributed by atoms with Crippen molar-refractivity contribution in [2.45, 2.75) is 44.4 Å². The molecule has 0 heterocycles. The van der Waals surface area contributed by atoms with Crippen molar-refractivity contribution in [3.8, 4) is 0 Å². The minimum Gasteiger partial charge on any atom is -0.339 e. The van der Waals surface area contributed by atoms with E-state index in [0.29, 0.717) is 12.6 Å². The summed E-state index contributed by atoms with van der Waals surface area (Å²) in [7, 11) is -1.08. The van der Waals surface area contributed by atoms with Crippen molar-refractivity contribution in [2.75, 3.05) is 18.8 Å². The Hall–Kier alpha value is -0.420. The van der Waals surface area contributed by atoms with Gasteiger partial charge in [0.15, 0.2) is 0 Å². The van der Waals surface area contributed by atoms with Crippen molar-refractivity contribution in [2.24, 2.45) is 5.73 Å². The highest BCUT2D eigenvalue weighted by atomic mass is 32.2. The SMILES string of the molecule is CCN(C(=O)CS(=O)C(C)CCN)C1CC1. The molecule has 0 aromatic heterocycles. The second-order valence-corrected chi connectivity index (χ2v) is 6.18. The first-order valence-electron chi connectivity index (χ1n) is 5.96. The fourth-order valence-corrected chi connectivity index (χ4v) is 2.83. The van der Waals surface area contributed by atoms with Crippen LogP contribution in [-0.2, 0) is 15.6 Å². The molecule has 0 aromatic carbocycles. The van der Waals surface area contributed by atoms with Gasteiger partial charge in [0.1, 0.15) is 5.75 Å². The Balaban J connectivity index is 2.39. The Kier molecular flexibility index (Phi) is 5.41. The first-order valence-corrected chi connectivity index (χ1v) is 7.35. The van der Waals surface area contributed by atoms with Crippen LogP contribution in [0.1, 0.15) is 33.1 Å². The van der Waals surface area contributed by atoms with Gasteiger partial charge in [0.2, 0.25) is 5.91 Å². The van der Waals surface area contributed by atoms with Crippen LogP contribution in [0.15, 0.2) is 0 Å². The molecule has 1 rings (SSSR count). The van der Waals surface area contributed by atoms with Crippen molar-refractivity contribution >= 4 is 16.7 Å². The summed E-state index contributed by atoms with van der Waals surface area (Å²) < 4.78 is 11.8. The van der Waals surface area contributed by atoms with Crippen LogP contribution in [0, 0.1) is 0 Å². The zero-order valence-corrected chi connectivity index (χ0v) is 11.0. The normalized spacial score (nSPS) is 19.2. The maximum atomic E-state index is 11.9. The molecule has 1 aliphatic carbocycles. The molecule has 94 valence electrons. The molecule has 0 bridgehead atoms. The first kappa shape index (κ1) is 13.6. The lowest BCUT2D eigenvalue weighted by Crippen LogP contribution is -2.37. The summed E-state index contributed by atoms with van der Waals surface area (Å²) in [4.78, 5) is 13.7. The second kappa shape index (κ2) is 6.35. The van der Waals surface area contributed by atoms with Gasteiger partial charge in [0, 0.05) is 28.6 Å². The molecule has 1 saturated carbocycles. The predicted octanol–water partition coefficient (Wildman–Crippen LogP) is 0.483. The van der Waals surface area contributed by atoms with Crippen molar-refractivity contribution in [1.29, 1.82) is 0 Å². The van der Waals surface area contributed by atoms with Crippen molar-refractivity contribution in [3.05, 3.63) is 0 Å². The Morgan fingerprint density at radius 1 is 1.56 bits per heavy atom. The molecule has 0 radical (unpaired) electrons. The van der Waals surface area contributed by atoms with E-state index >= 15 is 0 Å². The minimum atomic E-state index is -1.08. The van der Waals surface area contributed by atoms with Gasteiger partial charge in [-0.3, -0.25) is 9.00 Å². The quantitative estimate of drug-likeness (QED) is 0.711. The lowest BCUT2D eigenvalue weighted by atomic mass is 10.3. The number of carbonyl (C=O) groups excluding carboxylic acids is 1. The third-order valence-corrected chi connectivity index (χ3v) is 4.60.